The molecule has 0 radical (unpaired) electrons. The standard InChI is InChI=1S/C26H27N5O3/c1-16(24(33)18-4-2-3-5-18)20-10-11-22-21(14-20)29-26(31(22)13-12-23(28)32)30-25(34)19-8-6-17(15-27)7-9-19/h6-11,14,16,18H,2-5,12-13H2,1H3,(H2,28,32)(H,29,30,34). The van der Waals surface area contributed by atoms with E-state index in [2.05, 4.69) is 10.3 Å². The third kappa shape index (κ3) is 4.84. The Labute approximate surface area is 197 Å². The molecule has 1 unspecified atom stereocenters. The number of carbonyl (C=O) groups is 3. The van der Waals surface area contributed by atoms with Crippen LogP contribution in [0.5, 0.6) is 0 Å². The van der Waals surface area contributed by atoms with Gasteiger partial charge in [-0.15, -0.1) is 0 Å². The topological polar surface area (TPSA) is 131 Å². The molecule has 4 rings (SSSR count). The Morgan fingerprint density at radius 3 is 2.53 bits per heavy atom. The number of ketones is 1. The number of hydrogen-bond acceptors (Lipinski definition) is 5. The van der Waals surface area contributed by atoms with E-state index >= 15 is 0 Å². The number of hydrogen-bond donors (Lipinski definition) is 2. The Hall–Kier alpha value is -3.99. The number of nitrogens with zero attached hydrogens (tertiary/aromatic N) is 3. The van der Waals surface area contributed by atoms with E-state index in [-0.39, 0.29) is 42.4 Å². The van der Waals surface area contributed by atoms with Gasteiger partial charge in [0.2, 0.25) is 11.9 Å². The number of fused-ring (bicyclic) bond motifs is 1. The van der Waals surface area contributed by atoms with E-state index in [9.17, 15) is 14.4 Å². The summed E-state index contributed by atoms with van der Waals surface area (Å²) in [6, 6.07) is 14.0. The summed E-state index contributed by atoms with van der Waals surface area (Å²) in [5.74, 6) is -0.401. The van der Waals surface area contributed by atoms with Gasteiger partial charge < -0.3 is 10.3 Å². The van der Waals surface area contributed by atoms with Gasteiger partial charge in [0.25, 0.3) is 5.91 Å². The summed E-state index contributed by atoms with van der Waals surface area (Å²) in [5.41, 5.74) is 8.44. The lowest BCUT2D eigenvalue weighted by Gasteiger charge is -2.15. The van der Waals surface area contributed by atoms with Crippen LogP contribution in [0.15, 0.2) is 42.5 Å². The van der Waals surface area contributed by atoms with Crippen molar-refractivity contribution in [2.45, 2.75) is 51.5 Å². The predicted octanol–water partition coefficient (Wildman–Crippen LogP) is 3.90. The second kappa shape index (κ2) is 9.87. The first-order chi connectivity index (χ1) is 16.4. The van der Waals surface area contributed by atoms with Crippen molar-refractivity contribution in [2.75, 3.05) is 5.32 Å². The minimum atomic E-state index is -0.460. The van der Waals surface area contributed by atoms with Gasteiger partial charge in [-0.25, -0.2) is 4.98 Å². The normalized spacial score (nSPS) is 14.6. The first kappa shape index (κ1) is 23.2. The van der Waals surface area contributed by atoms with Crippen LogP contribution in [-0.4, -0.2) is 27.1 Å². The number of nitrogens with two attached hydrogens (primary N) is 1. The van der Waals surface area contributed by atoms with Crippen molar-refractivity contribution in [3.05, 3.63) is 59.2 Å². The molecule has 0 bridgehead atoms. The van der Waals surface area contributed by atoms with Gasteiger partial charge in [-0.1, -0.05) is 25.8 Å². The summed E-state index contributed by atoms with van der Waals surface area (Å²) in [5, 5.41) is 11.8. The molecule has 2 aromatic carbocycles. The molecule has 1 heterocycles. The molecule has 3 N–H and O–H groups in total. The van der Waals surface area contributed by atoms with E-state index in [1.54, 1.807) is 28.8 Å². The molecule has 0 aliphatic heterocycles. The number of anilines is 1. The SMILES string of the molecule is CC(C(=O)C1CCCC1)c1ccc2c(c1)nc(NC(=O)c1ccc(C#N)cc1)n2CCC(N)=O. The number of aryl methyl sites for hydroxylation is 1. The van der Waals surface area contributed by atoms with Crippen molar-refractivity contribution in [1.29, 1.82) is 5.26 Å². The van der Waals surface area contributed by atoms with Crippen molar-refractivity contribution in [2.24, 2.45) is 11.7 Å². The lowest BCUT2D eigenvalue weighted by Crippen LogP contribution is -2.18. The molecule has 34 heavy (non-hydrogen) atoms. The number of nitriles is 1. The number of nitrogens with one attached hydrogen (secondary N) is 1. The molecule has 8 nitrogen and oxygen atoms in total. The molecule has 1 aromatic heterocycles. The number of amides is 2. The molecule has 3 aromatic rings. The number of imidazole rings is 1. The van der Waals surface area contributed by atoms with Gasteiger partial charge in [-0.05, 0) is 54.8 Å². The van der Waals surface area contributed by atoms with E-state index in [4.69, 9.17) is 11.0 Å². The van der Waals surface area contributed by atoms with Crippen LogP contribution in [-0.2, 0) is 16.1 Å². The second-order valence-electron chi connectivity index (χ2n) is 8.80. The fraction of sp³-hybridized carbons (Fsp3) is 0.346. The number of carbonyl (C=O) groups excluding carboxylic acids is 3. The Balaban J connectivity index is 1.64. The summed E-state index contributed by atoms with van der Waals surface area (Å²) >= 11 is 0. The third-order valence-corrected chi connectivity index (χ3v) is 6.54. The molecule has 1 saturated carbocycles. The van der Waals surface area contributed by atoms with Crippen molar-refractivity contribution in [1.82, 2.24) is 9.55 Å². The fourth-order valence-electron chi connectivity index (χ4n) is 4.56. The molecule has 2 amide bonds. The van der Waals surface area contributed by atoms with Crippen LogP contribution in [0.1, 0.15) is 66.4 Å². The highest BCUT2D eigenvalue weighted by Crippen LogP contribution is 2.32. The Bertz CT molecular complexity index is 1280. The van der Waals surface area contributed by atoms with Crippen LogP contribution < -0.4 is 11.1 Å². The van der Waals surface area contributed by atoms with Gasteiger partial charge >= 0.3 is 0 Å². The summed E-state index contributed by atoms with van der Waals surface area (Å²) in [4.78, 5) is 41.8. The van der Waals surface area contributed by atoms with Gasteiger partial charge in [0, 0.05) is 30.4 Å². The highest BCUT2D eigenvalue weighted by molar-refractivity contribution is 6.04. The average Bonchev–Trinajstić information content (AvgIpc) is 3.49. The number of Topliss-reactive ketones (excluding diaryl/α,β-unsaturated/α-hetero) is 1. The molecule has 0 saturated heterocycles. The van der Waals surface area contributed by atoms with E-state index in [1.165, 1.54) is 0 Å². The first-order valence-electron chi connectivity index (χ1n) is 11.5. The van der Waals surface area contributed by atoms with E-state index in [0.29, 0.717) is 16.6 Å². The van der Waals surface area contributed by atoms with Gasteiger partial charge in [0.1, 0.15) is 5.78 Å². The van der Waals surface area contributed by atoms with Gasteiger partial charge in [0.05, 0.1) is 22.7 Å². The summed E-state index contributed by atoms with van der Waals surface area (Å²) in [6.45, 7) is 2.18. The molecule has 1 fully saturated rings. The predicted molar refractivity (Wildman–Crippen MR) is 128 cm³/mol. The lowest BCUT2D eigenvalue weighted by molar-refractivity contribution is -0.123. The Morgan fingerprint density at radius 2 is 1.88 bits per heavy atom. The van der Waals surface area contributed by atoms with Crippen LogP contribution in [0.4, 0.5) is 5.95 Å². The van der Waals surface area contributed by atoms with Crippen molar-refractivity contribution in [3.8, 4) is 6.07 Å². The molecule has 1 atom stereocenters. The molecule has 1 aliphatic carbocycles. The zero-order valence-corrected chi connectivity index (χ0v) is 19.1. The lowest BCUT2D eigenvalue weighted by atomic mass is 9.88. The second-order valence-corrected chi connectivity index (χ2v) is 8.80. The van der Waals surface area contributed by atoms with E-state index in [0.717, 1.165) is 36.8 Å². The van der Waals surface area contributed by atoms with Crippen LogP contribution in [0.3, 0.4) is 0 Å². The molecule has 174 valence electrons. The summed E-state index contributed by atoms with van der Waals surface area (Å²) < 4.78 is 1.74. The average molecular weight is 458 g/mol. The first-order valence-corrected chi connectivity index (χ1v) is 11.5. The number of benzene rings is 2. The Kier molecular flexibility index (Phi) is 6.73. The van der Waals surface area contributed by atoms with E-state index in [1.807, 2.05) is 31.2 Å². The van der Waals surface area contributed by atoms with Crippen LogP contribution in [0.2, 0.25) is 0 Å². The number of primary amides is 1. The summed E-state index contributed by atoms with van der Waals surface area (Å²) in [6.07, 6.45) is 4.21. The quantitative estimate of drug-likeness (QED) is 0.530. The minimum absolute atomic E-state index is 0.0868. The van der Waals surface area contributed by atoms with Crippen LogP contribution in [0.25, 0.3) is 11.0 Å². The van der Waals surface area contributed by atoms with Crippen molar-refractivity contribution in [3.63, 3.8) is 0 Å². The molecule has 8 heteroatoms. The van der Waals surface area contributed by atoms with Gasteiger partial charge in [-0.2, -0.15) is 5.26 Å². The maximum Gasteiger partial charge on any atom is 0.257 e. The number of rotatable bonds is 8. The smallest absolute Gasteiger partial charge is 0.257 e. The Morgan fingerprint density at radius 1 is 1.18 bits per heavy atom. The van der Waals surface area contributed by atoms with Gasteiger partial charge in [-0.3, -0.25) is 19.7 Å². The largest absolute Gasteiger partial charge is 0.370 e. The maximum atomic E-state index is 12.9. The zero-order valence-electron chi connectivity index (χ0n) is 19.1. The monoisotopic (exact) mass is 457 g/mol. The summed E-state index contributed by atoms with van der Waals surface area (Å²) in [7, 11) is 0. The minimum Gasteiger partial charge on any atom is -0.370 e. The van der Waals surface area contributed by atoms with Crippen molar-refractivity contribution >= 4 is 34.6 Å². The number of aromatic nitrogens is 2. The van der Waals surface area contributed by atoms with Crippen molar-refractivity contribution < 1.29 is 14.4 Å². The van der Waals surface area contributed by atoms with Crippen LogP contribution in [0, 0.1) is 17.2 Å². The van der Waals surface area contributed by atoms with E-state index < -0.39 is 5.91 Å². The molecular formula is C26H27N5O3. The highest BCUT2D eigenvalue weighted by atomic mass is 16.2. The molecular weight excluding hydrogens is 430 g/mol. The molecule has 1 aliphatic rings. The highest BCUT2D eigenvalue weighted by Gasteiger charge is 2.28. The molecule has 0 spiro atoms. The fourth-order valence-corrected chi connectivity index (χ4v) is 4.56. The van der Waals surface area contributed by atoms with Gasteiger partial charge in [0.15, 0.2) is 0 Å². The zero-order chi connectivity index (χ0) is 24.2. The van der Waals surface area contributed by atoms with Crippen LogP contribution >= 0.6 is 0 Å². The maximum absolute atomic E-state index is 12.9. The third-order valence-electron chi connectivity index (χ3n) is 6.54.